The van der Waals surface area contributed by atoms with Crippen LogP contribution in [0.5, 0.6) is 0 Å². The summed E-state index contributed by atoms with van der Waals surface area (Å²) in [6.45, 7) is 7.95. The van der Waals surface area contributed by atoms with Crippen LogP contribution in [0.15, 0.2) is 77.9 Å². The van der Waals surface area contributed by atoms with E-state index in [2.05, 4.69) is 31.2 Å². The summed E-state index contributed by atoms with van der Waals surface area (Å²) in [5.41, 5.74) is 8.04. The van der Waals surface area contributed by atoms with E-state index < -0.39 is 0 Å². The van der Waals surface area contributed by atoms with E-state index in [9.17, 15) is 4.79 Å². The zero-order valence-corrected chi connectivity index (χ0v) is 21.2. The number of hydrogen-bond acceptors (Lipinski definition) is 3. The molecule has 35 heavy (non-hydrogen) atoms. The molecule has 5 rings (SSSR count). The molecular formula is C30H28ClN3O. The lowest BCUT2D eigenvalue weighted by molar-refractivity contribution is -0.136. The van der Waals surface area contributed by atoms with Crippen LogP contribution in [-0.4, -0.2) is 21.6 Å². The Kier molecular flexibility index (Phi) is 6.16. The minimum atomic E-state index is -0.156. The zero-order chi connectivity index (χ0) is 24.7. The molecule has 1 atom stereocenters. The fourth-order valence-corrected chi connectivity index (χ4v) is 5.12. The molecule has 1 amide bonds. The van der Waals surface area contributed by atoms with Crippen LogP contribution in [-0.2, 0) is 4.79 Å². The number of amides is 1. The zero-order valence-electron chi connectivity index (χ0n) is 20.4. The molecule has 0 aliphatic carbocycles. The number of hydrazone groups is 1. The van der Waals surface area contributed by atoms with Crippen molar-refractivity contribution in [2.75, 3.05) is 0 Å². The van der Waals surface area contributed by atoms with Crippen molar-refractivity contribution in [3.8, 4) is 11.1 Å². The van der Waals surface area contributed by atoms with Gasteiger partial charge in [0.05, 0.1) is 17.3 Å². The van der Waals surface area contributed by atoms with Gasteiger partial charge in [-0.1, -0.05) is 86.1 Å². The number of halogens is 1. The summed E-state index contributed by atoms with van der Waals surface area (Å²) in [4.78, 5) is 18.2. The van der Waals surface area contributed by atoms with E-state index in [0.717, 1.165) is 50.1 Å². The first-order valence-corrected chi connectivity index (χ1v) is 12.3. The molecule has 3 aromatic carbocycles. The third-order valence-corrected chi connectivity index (χ3v) is 6.89. The molecule has 0 radical (unpaired) electrons. The van der Waals surface area contributed by atoms with E-state index in [1.165, 1.54) is 0 Å². The number of aryl methyl sites for hydroxylation is 2. The van der Waals surface area contributed by atoms with Crippen LogP contribution in [0.1, 0.15) is 48.7 Å². The summed E-state index contributed by atoms with van der Waals surface area (Å²) in [6, 6.07) is 24.2. The van der Waals surface area contributed by atoms with Gasteiger partial charge in [-0.3, -0.25) is 9.78 Å². The molecule has 0 saturated carbocycles. The lowest BCUT2D eigenvalue weighted by Crippen LogP contribution is -2.30. The van der Waals surface area contributed by atoms with Crippen molar-refractivity contribution in [1.29, 1.82) is 0 Å². The van der Waals surface area contributed by atoms with Crippen LogP contribution < -0.4 is 0 Å². The van der Waals surface area contributed by atoms with Gasteiger partial charge < -0.3 is 0 Å². The highest BCUT2D eigenvalue weighted by Crippen LogP contribution is 2.40. The van der Waals surface area contributed by atoms with Crippen molar-refractivity contribution in [2.45, 2.75) is 40.2 Å². The maximum absolute atomic E-state index is 13.3. The molecule has 2 heterocycles. The number of nitrogens with zero attached hydrogens (tertiary/aromatic N) is 3. The molecule has 4 nitrogen and oxygen atoms in total. The first-order valence-electron chi connectivity index (χ1n) is 12.0. The van der Waals surface area contributed by atoms with E-state index >= 15 is 0 Å². The summed E-state index contributed by atoms with van der Waals surface area (Å²) in [5.74, 6) is -0.135. The fourth-order valence-electron chi connectivity index (χ4n) is 4.95. The summed E-state index contributed by atoms with van der Waals surface area (Å²) in [6.07, 6.45) is 0.630. The number of carbonyl (C=O) groups excluding carboxylic acids is 1. The molecule has 0 N–H and O–H groups in total. The molecule has 1 aliphatic heterocycles. The van der Waals surface area contributed by atoms with Crippen molar-refractivity contribution >= 4 is 34.1 Å². The number of rotatable bonds is 4. The van der Waals surface area contributed by atoms with E-state index in [1.54, 1.807) is 5.01 Å². The normalized spacial score (nSPS) is 15.7. The second kappa shape index (κ2) is 9.27. The number of aromatic nitrogens is 1. The van der Waals surface area contributed by atoms with Crippen molar-refractivity contribution < 1.29 is 4.79 Å². The van der Waals surface area contributed by atoms with Gasteiger partial charge in [-0.15, -0.1) is 0 Å². The maximum Gasteiger partial charge on any atom is 0.245 e. The van der Waals surface area contributed by atoms with E-state index in [4.69, 9.17) is 21.7 Å². The maximum atomic E-state index is 13.3. The predicted octanol–water partition coefficient (Wildman–Crippen LogP) is 7.51. The van der Waals surface area contributed by atoms with Crippen LogP contribution in [0, 0.1) is 19.8 Å². The Balaban J connectivity index is 1.74. The summed E-state index contributed by atoms with van der Waals surface area (Å²) in [5, 5.41) is 8.35. The minimum absolute atomic E-state index is 0.0210. The average Bonchev–Trinajstić information content (AvgIpc) is 3.27. The van der Waals surface area contributed by atoms with Gasteiger partial charge in [0.1, 0.15) is 0 Å². The van der Waals surface area contributed by atoms with E-state index in [0.29, 0.717) is 11.4 Å². The molecule has 0 fully saturated rings. The molecule has 0 saturated heterocycles. The van der Waals surface area contributed by atoms with Gasteiger partial charge in [-0.05, 0) is 42.7 Å². The van der Waals surface area contributed by atoms with Crippen molar-refractivity contribution in [3.05, 3.63) is 100 Å². The Labute approximate surface area is 211 Å². The molecule has 1 aromatic heterocycles. The van der Waals surface area contributed by atoms with Gasteiger partial charge >= 0.3 is 0 Å². The molecule has 4 aromatic rings. The number of carbonyl (C=O) groups is 1. The van der Waals surface area contributed by atoms with Crippen molar-refractivity contribution in [2.24, 2.45) is 11.0 Å². The van der Waals surface area contributed by atoms with Crippen molar-refractivity contribution in [3.63, 3.8) is 0 Å². The van der Waals surface area contributed by atoms with Crippen molar-refractivity contribution in [1.82, 2.24) is 9.99 Å². The van der Waals surface area contributed by atoms with Crippen LogP contribution in [0.4, 0.5) is 0 Å². The number of benzene rings is 3. The second-order valence-corrected chi connectivity index (χ2v) is 9.87. The summed E-state index contributed by atoms with van der Waals surface area (Å²) in [7, 11) is 0. The number of fused-ring (bicyclic) bond motifs is 1. The molecule has 1 unspecified atom stereocenters. The molecule has 1 aliphatic rings. The van der Waals surface area contributed by atoms with E-state index in [-0.39, 0.29) is 17.9 Å². The highest BCUT2D eigenvalue weighted by atomic mass is 35.5. The average molecular weight is 482 g/mol. The van der Waals surface area contributed by atoms with Gasteiger partial charge in [0, 0.05) is 39.6 Å². The first kappa shape index (κ1) is 23.3. The SMILES string of the molecule is Cc1ccccc1C1CC(c2c(C)nc3cc(Cl)ccc3c2-c2ccccc2)=NN1C(=O)C(C)C. The molecular weight excluding hydrogens is 454 g/mol. The molecule has 0 spiro atoms. The smallest absolute Gasteiger partial charge is 0.245 e. The standard InChI is InChI=1S/C30H28ClN3O/c1-18(2)30(35)34-27(23-13-9-8-10-19(23)3)17-26(33-34)28-20(4)32-25-16-22(31)14-15-24(25)29(28)21-11-6-5-7-12-21/h5-16,18,27H,17H2,1-4H3. The Morgan fingerprint density at radius 1 is 0.971 bits per heavy atom. The summed E-state index contributed by atoms with van der Waals surface area (Å²) >= 11 is 6.31. The van der Waals surface area contributed by atoms with Crippen LogP contribution in [0.3, 0.4) is 0 Å². The fraction of sp³-hybridized carbons (Fsp3) is 0.233. The molecule has 0 bridgehead atoms. The Morgan fingerprint density at radius 3 is 2.40 bits per heavy atom. The summed E-state index contributed by atoms with van der Waals surface area (Å²) < 4.78 is 0. The van der Waals surface area contributed by atoms with Gasteiger partial charge in [0.25, 0.3) is 0 Å². The Bertz CT molecular complexity index is 1460. The topological polar surface area (TPSA) is 45.6 Å². The monoisotopic (exact) mass is 481 g/mol. The third-order valence-electron chi connectivity index (χ3n) is 6.66. The quantitative estimate of drug-likeness (QED) is 0.303. The van der Waals surface area contributed by atoms with Gasteiger partial charge in [-0.2, -0.15) is 5.10 Å². The third kappa shape index (κ3) is 4.23. The Hall–Kier alpha value is -3.50. The number of hydrogen-bond donors (Lipinski definition) is 0. The molecule has 176 valence electrons. The van der Waals surface area contributed by atoms with Gasteiger partial charge in [0.2, 0.25) is 5.91 Å². The van der Waals surface area contributed by atoms with Crippen LogP contribution >= 0.6 is 11.6 Å². The van der Waals surface area contributed by atoms with Gasteiger partial charge in [0.15, 0.2) is 0 Å². The highest BCUT2D eigenvalue weighted by molar-refractivity contribution is 6.31. The van der Waals surface area contributed by atoms with Gasteiger partial charge in [-0.25, -0.2) is 5.01 Å². The second-order valence-electron chi connectivity index (χ2n) is 9.44. The number of pyridine rings is 1. The van der Waals surface area contributed by atoms with Crippen LogP contribution in [0.2, 0.25) is 5.02 Å². The lowest BCUT2D eigenvalue weighted by Gasteiger charge is -2.24. The highest BCUT2D eigenvalue weighted by Gasteiger charge is 2.36. The lowest BCUT2D eigenvalue weighted by atomic mass is 9.88. The van der Waals surface area contributed by atoms with E-state index in [1.807, 2.05) is 69.3 Å². The Morgan fingerprint density at radius 2 is 1.69 bits per heavy atom. The largest absolute Gasteiger partial charge is 0.273 e. The molecule has 5 heteroatoms. The minimum Gasteiger partial charge on any atom is -0.273 e. The first-order chi connectivity index (χ1) is 16.8. The van der Waals surface area contributed by atoms with Crippen LogP contribution in [0.25, 0.3) is 22.0 Å². The predicted molar refractivity (Wildman–Crippen MR) is 144 cm³/mol.